The summed E-state index contributed by atoms with van der Waals surface area (Å²) < 4.78 is 8.13. The van der Waals surface area contributed by atoms with Crippen molar-refractivity contribution in [2.75, 3.05) is 13.2 Å². The lowest BCUT2D eigenvalue weighted by Crippen LogP contribution is -2.27. The summed E-state index contributed by atoms with van der Waals surface area (Å²) in [7, 11) is 0. The van der Waals surface area contributed by atoms with E-state index in [4.69, 9.17) is 22.1 Å². The second-order valence-corrected chi connectivity index (χ2v) is 8.89. The van der Waals surface area contributed by atoms with Crippen LogP contribution in [0.1, 0.15) is 18.1 Å². The summed E-state index contributed by atoms with van der Waals surface area (Å²) in [6.45, 7) is 8.63. The molecule has 1 fully saturated rings. The van der Waals surface area contributed by atoms with E-state index in [2.05, 4.69) is 6.58 Å². The zero-order valence-electron chi connectivity index (χ0n) is 17.9. The van der Waals surface area contributed by atoms with Gasteiger partial charge in [-0.25, -0.2) is 4.68 Å². The molecule has 0 spiro atoms. The van der Waals surface area contributed by atoms with E-state index in [-0.39, 0.29) is 5.91 Å². The molecule has 162 valence electrons. The van der Waals surface area contributed by atoms with Gasteiger partial charge in [0.25, 0.3) is 5.91 Å². The fourth-order valence-corrected chi connectivity index (χ4v) is 4.83. The Balaban J connectivity index is 1.79. The highest BCUT2D eigenvalue weighted by Gasteiger charge is 2.31. The van der Waals surface area contributed by atoms with E-state index >= 15 is 0 Å². The van der Waals surface area contributed by atoms with Crippen molar-refractivity contribution in [1.82, 2.24) is 14.7 Å². The smallest absolute Gasteiger partial charge is 0.266 e. The first kappa shape index (κ1) is 22.0. The maximum atomic E-state index is 12.8. The number of ether oxygens (including phenoxy) is 1. The van der Waals surface area contributed by atoms with E-state index < -0.39 is 0 Å². The van der Waals surface area contributed by atoms with Gasteiger partial charge in [0.2, 0.25) is 0 Å². The number of hydrogen-bond donors (Lipinski definition) is 0. The van der Waals surface area contributed by atoms with E-state index in [1.54, 1.807) is 11.0 Å². The van der Waals surface area contributed by atoms with Crippen molar-refractivity contribution < 1.29 is 9.53 Å². The zero-order valence-corrected chi connectivity index (χ0v) is 19.6. The quantitative estimate of drug-likeness (QED) is 0.259. The van der Waals surface area contributed by atoms with Crippen LogP contribution in [0.3, 0.4) is 0 Å². The minimum absolute atomic E-state index is 0.0646. The number of aryl methyl sites for hydroxylation is 1. The molecule has 1 aromatic heterocycles. The Kier molecular flexibility index (Phi) is 6.58. The third-order valence-corrected chi connectivity index (χ3v) is 6.42. The summed E-state index contributed by atoms with van der Waals surface area (Å²) in [5.74, 6) is 0.742. The third-order valence-electron chi connectivity index (χ3n) is 5.04. The molecular formula is C25H23N3O2S2. The Hall–Kier alpha value is -3.16. The van der Waals surface area contributed by atoms with E-state index in [1.165, 1.54) is 11.8 Å². The Bertz CT molecular complexity index is 1220. The molecule has 0 radical (unpaired) electrons. The minimum Gasteiger partial charge on any atom is -0.489 e. The lowest BCUT2D eigenvalue weighted by Gasteiger charge is -2.09. The van der Waals surface area contributed by atoms with Gasteiger partial charge in [0.05, 0.1) is 10.6 Å². The Morgan fingerprint density at radius 1 is 1.22 bits per heavy atom. The third kappa shape index (κ3) is 4.40. The van der Waals surface area contributed by atoms with Crippen molar-refractivity contribution >= 4 is 40.3 Å². The number of thiocarbonyl (C=S) groups is 1. The van der Waals surface area contributed by atoms with Crippen molar-refractivity contribution in [3.8, 4) is 22.7 Å². The second-order valence-electron chi connectivity index (χ2n) is 7.22. The number of carbonyl (C=O) groups excluding carboxylic acids is 1. The van der Waals surface area contributed by atoms with Crippen LogP contribution < -0.4 is 4.74 Å². The van der Waals surface area contributed by atoms with Gasteiger partial charge < -0.3 is 4.74 Å². The summed E-state index contributed by atoms with van der Waals surface area (Å²) in [5, 5.41) is 4.86. The number of nitrogens with zero attached hydrogens (tertiary/aromatic N) is 3. The number of carbonyl (C=O) groups is 1. The molecule has 0 atom stereocenters. The molecule has 7 heteroatoms. The number of benzene rings is 2. The van der Waals surface area contributed by atoms with Gasteiger partial charge in [-0.1, -0.05) is 54.8 Å². The van der Waals surface area contributed by atoms with Crippen molar-refractivity contribution in [2.24, 2.45) is 0 Å². The zero-order chi connectivity index (χ0) is 22.7. The molecule has 1 saturated heterocycles. The highest BCUT2D eigenvalue weighted by molar-refractivity contribution is 8.26. The van der Waals surface area contributed by atoms with Crippen LogP contribution in [0.5, 0.6) is 5.75 Å². The van der Waals surface area contributed by atoms with Crippen LogP contribution in [-0.2, 0) is 4.79 Å². The van der Waals surface area contributed by atoms with Gasteiger partial charge in [-0.15, -0.1) is 0 Å². The summed E-state index contributed by atoms with van der Waals surface area (Å²) in [5.41, 5.74) is 4.53. The topological polar surface area (TPSA) is 47.4 Å². The SMILES string of the molecule is C=CCOc1ccc(-c2nn(-c3ccccc3)cc2C=C2SC(=S)N(CC)C2=O)cc1C. The first-order valence-corrected chi connectivity index (χ1v) is 11.5. The summed E-state index contributed by atoms with van der Waals surface area (Å²) in [6.07, 6.45) is 5.55. The molecular weight excluding hydrogens is 438 g/mol. The summed E-state index contributed by atoms with van der Waals surface area (Å²) in [6, 6.07) is 15.9. The molecule has 0 saturated carbocycles. The predicted molar refractivity (Wildman–Crippen MR) is 135 cm³/mol. The van der Waals surface area contributed by atoms with E-state index in [0.29, 0.717) is 22.4 Å². The molecule has 2 heterocycles. The number of rotatable bonds is 7. The molecule has 2 aromatic carbocycles. The van der Waals surface area contributed by atoms with Crippen molar-refractivity contribution in [1.29, 1.82) is 0 Å². The molecule has 1 aliphatic rings. The van der Waals surface area contributed by atoms with Crippen LogP contribution in [0.4, 0.5) is 0 Å². The van der Waals surface area contributed by atoms with Crippen LogP contribution in [0.2, 0.25) is 0 Å². The Morgan fingerprint density at radius 2 is 2.00 bits per heavy atom. The number of aromatic nitrogens is 2. The van der Waals surface area contributed by atoms with Gasteiger partial charge in [0, 0.05) is 23.9 Å². The van der Waals surface area contributed by atoms with Crippen molar-refractivity contribution in [2.45, 2.75) is 13.8 Å². The molecule has 0 unspecified atom stereocenters. The van der Waals surface area contributed by atoms with Crippen LogP contribution in [0, 0.1) is 6.92 Å². The maximum Gasteiger partial charge on any atom is 0.266 e. The number of para-hydroxylation sites is 1. The van der Waals surface area contributed by atoms with Crippen LogP contribution in [0.25, 0.3) is 23.0 Å². The van der Waals surface area contributed by atoms with Gasteiger partial charge in [-0.05, 0) is 55.8 Å². The van der Waals surface area contributed by atoms with Gasteiger partial charge in [-0.2, -0.15) is 5.10 Å². The molecule has 5 nitrogen and oxygen atoms in total. The molecule has 0 aliphatic carbocycles. The summed E-state index contributed by atoms with van der Waals surface area (Å²) in [4.78, 5) is 15.0. The van der Waals surface area contributed by atoms with Crippen LogP contribution >= 0.6 is 24.0 Å². The fraction of sp³-hybridized carbons (Fsp3) is 0.160. The standard InChI is InChI=1S/C25H23N3O2S2/c1-4-13-30-21-12-11-18(14-17(21)3)23-19(15-22-24(29)27(5-2)25(31)32-22)16-28(26-23)20-9-7-6-8-10-20/h4,6-12,14-16H,1,5,13H2,2-3H3. The molecule has 0 bridgehead atoms. The molecule has 1 aliphatic heterocycles. The van der Waals surface area contributed by atoms with Crippen molar-refractivity contribution in [3.05, 3.63) is 83.4 Å². The predicted octanol–water partition coefficient (Wildman–Crippen LogP) is 5.63. The first-order chi connectivity index (χ1) is 15.5. The second kappa shape index (κ2) is 9.54. The molecule has 0 N–H and O–H groups in total. The monoisotopic (exact) mass is 461 g/mol. The van der Waals surface area contributed by atoms with E-state index in [1.807, 2.05) is 79.3 Å². The first-order valence-electron chi connectivity index (χ1n) is 10.3. The van der Waals surface area contributed by atoms with Gasteiger partial charge >= 0.3 is 0 Å². The maximum absolute atomic E-state index is 12.8. The lowest BCUT2D eigenvalue weighted by molar-refractivity contribution is -0.121. The number of amides is 1. The minimum atomic E-state index is -0.0646. The highest BCUT2D eigenvalue weighted by atomic mass is 32.2. The number of hydrogen-bond acceptors (Lipinski definition) is 5. The van der Waals surface area contributed by atoms with Gasteiger partial charge in [0.1, 0.15) is 22.4 Å². The van der Waals surface area contributed by atoms with Gasteiger partial charge in [-0.3, -0.25) is 9.69 Å². The largest absolute Gasteiger partial charge is 0.489 e. The normalized spacial score (nSPS) is 14.9. The molecule has 4 rings (SSSR count). The number of likely N-dealkylation sites (N-methyl/N-ethyl adjacent to an activating group) is 1. The molecule has 1 amide bonds. The highest BCUT2D eigenvalue weighted by Crippen LogP contribution is 2.35. The van der Waals surface area contributed by atoms with Crippen LogP contribution in [0.15, 0.2) is 72.3 Å². The Morgan fingerprint density at radius 3 is 2.66 bits per heavy atom. The van der Waals surface area contributed by atoms with E-state index in [9.17, 15) is 4.79 Å². The number of thioether (sulfide) groups is 1. The van der Waals surface area contributed by atoms with Crippen molar-refractivity contribution in [3.63, 3.8) is 0 Å². The molecule has 32 heavy (non-hydrogen) atoms. The van der Waals surface area contributed by atoms with Gasteiger partial charge in [0.15, 0.2) is 0 Å². The van der Waals surface area contributed by atoms with Crippen LogP contribution in [-0.4, -0.2) is 38.1 Å². The average Bonchev–Trinajstić information content (AvgIpc) is 3.34. The molecule has 3 aromatic rings. The lowest BCUT2D eigenvalue weighted by atomic mass is 10.0. The fourth-order valence-electron chi connectivity index (χ4n) is 3.45. The summed E-state index contributed by atoms with van der Waals surface area (Å²) >= 11 is 6.70. The average molecular weight is 462 g/mol. The Labute approximate surface area is 197 Å². The van der Waals surface area contributed by atoms with E-state index in [0.717, 1.165) is 33.8 Å².